The van der Waals surface area contributed by atoms with Gasteiger partial charge >= 0.3 is 5.97 Å². The second-order valence-corrected chi connectivity index (χ2v) is 6.09. The van der Waals surface area contributed by atoms with E-state index >= 15 is 0 Å². The van der Waals surface area contributed by atoms with Crippen LogP contribution in [0.4, 0.5) is 0 Å². The van der Waals surface area contributed by atoms with Crippen LogP contribution in [0, 0.1) is 0 Å². The Hall–Kier alpha value is -0.650. The Kier molecular flexibility index (Phi) is 9.80. The van der Waals surface area contributed by atoms with Crippen molar-refractivity contribution in [1.29, 1.82) is 0 Å². The van der Waals surface area contributed by atoms with Crippen LogP contribution in [-0.4, -0.2) is 62.5 Å². The summed E-state index contributed by atoms with van der Waals surface area (Å²) in [5.74, 6) is -0.162. The fraction of sp³-hybridized carbons (Fsp3) is 0.933. The van der Waals surface area contributed by atoms with Crippen molar-refractivity contribution in [2.45, 2.75) is 52.7 Å². The minimum atomic E-state index is -0.421. The van der Waals surface area contributed by atoms with Gasteiger partial charge in [-0.15, -0.1) is 0 Å². The molecule has 0 radical (unpaired) electrons. The average Bonchev–Trinajstić information content (AvgIpc) is 2.29. The van der Waals surface area contributed by atoms with Gasteiger partial charge in [0.1, 0.15) is 5.60 Å². The number of rotatable bonds is 10. The number of hydrogen-bond acceptors (Lipinski definition) is 5. The number of nitrogens with zero attached hydrogens (tertiary/aromatic N) is 1. The van der Waals surface area contributed by atoms with Crippen LogP contribution in [0.5, 0.6) is 0 Å². The van der Waals surface area contributed by atoms with E-state index in [4.69, 9.17) is 14.2 Å². The van der Waals surface area contributed by atoms with Crippen LogP contribution < -0.4 is 0 Å². The van der Waals surface area contributed by atoms with Crippen LogP contribution in [0.25, 0.3) is 0 Å². The predicted octanol–water partition coefficient (Wildman–Crippen LogP) is 2.09. The highest BCUT2D eigenvalue weighted by Crippen LogP contribution is 2.08. The summed E-state index contributed by atoms with van der Waals surface area (Å²) in [5, 5.41) is 0. The molecular weight excluding hydrogens is 258 g/mol. The third-order valence-corrected chi connectivity index (χ3v) is 2.52. The van der Waals surface area contributed by atoms with Crippen molar-refractivity contribution in [1.82, 2.24) is 4.90 Å². The quantitative estimate of drug-likeness (QED) is 0.576. The van der Waals surface area contributed by atoms with Gasteiger partial charge in [0.05, 0.1) is 25.7 Å². The van der Waals surface area contributed by atoms with E-state index in [1.165, 1.54) is 0 Å². The third kappa shape index (κ3) is 12.4. The fourth-order valence-corrected chi connectivity index (χ4v) is 1.62. The monoisotopic (exact) mass is 289 g/mol. The van der Waals surface area contributed by atoms with Crippen LogP contribution >= 0.6 is 0 Å². The molecule has 0 saturated carbocycles. The number of esters is 1. The zero-order valence-electron chi connectivity index (χ0n) is 13.9. The molecule has 120 valence electrons. The van der Waals surface area contributed by atoms with E-state index < -0.39 is 5.60 Å². The molecule has 0 rings (SSSR count). The highest BCUT2D eigenvalue weighted by molar-refractivity contribution is 5.70. The van der Waals surface area contributed by atoms with Gasteiger partial charge in [-0.2, -0.15) is 0 Å². The third-order valence-electron chi connectivity index (χ3n) is 2.52. The number of carbonyl (C=O) groups excluding carboxylic acids is 1. The van der Waals surface area contributed by atoms with Crippen LogP contribution in [0.3, 0.4) is 0 Å². The molecule has 0 heterocycles. The largest absolute Gasteiger partial charge is 0.460 e. The Bertz CT molecular complexity index is 261. The summed E-state index contributed by atoms with van der Waals surface area (Å²) in [4.78, 5) is 13.9. The van der Waals surface area contributed by atoms with Gasteiger partial charge in [-0.1, -0.05) is 0 Å². The molecule has 0 bridgehead atoms. The zero-order chi connectivity index (χ0) is 15.6. The van der Waals surface area contributed by atoms with Crippen LogP contribution in [0.2, 0.25) is 0 Å². The molecule has 0 aliphatic heterocycles. The van der Waals surface area contributed by atoms with Gasteiger partial charge in [0.2, 0.25) is 0 Å². The topological polar surface area (TPSA) is 48.0 Å². The van der Waals surface area contributed by atoms with Crippen molar-refractivity contribution in [2.24, 2.45) is 0 Å². The minimum absolute atomic E-state index is 0.162. The van der Waals surface area contributed by atoms with Gasteiger partial charge in [-0.25, -0.2) is 0 Å². The number of ether oxygens (including phenoxy) is 3. The van der Waals surface area contributed by atoms with E-state index in [1.54, 1.807) is 7.11 Å². The smallest absolute Gasteiger partial charge is 0.307 e. The molecule has 0 atom stereocenters. The molecule has 0 unspecified atom stereocenters. The summed E-state index contributed by atoms with van der Waals surface area (Å²) >= 11 is 0. The van der Waals surface area contributed by atoms with Gasteiger partial charge in [-0.3, -0.25) is 9.69 Å². The first-order valence-electron chi connectivity index (χ1n) is 7.29. The van der Waals surface area contributed by atoms with Crippen molar-refractivity contribution in [3.05, 3.63) is 0 Å². The first kappa shape index (κ1) is 19.4. The molecule has 0 spiro atoms. The maximum atomic E-state index is 11.7. The Morgan fingerprint density at radius 3 is 2.20 bits per heavy atom. The van der Waals surface area contributed by atoms with Crippen molar-refractivity contribution in [3.63, 3.8) is 0 Å². The average molecular weight is 289 g/mol. The molecule has 0 N–H and O–H groups in total. The molecule has 0 saturated heterocycles. The number of methoxy groups -OCH3 is 1. The number of hydrogen-bond donors (Lipinski definition) is 0. The maximum Gasteiger partial charge on any atom is 0.307 e. The summed E-state index contributed by atoms with van der Waals surface area (Å²) in [7, 11) is 1.68. The van der Waals surface area contributed by atoms with Crippen LogP contribution in [0.15, 0.2) is 0 Å². The molecule has 20 heavy (non-hydrogen) atoms. The standard InChI is InChI=1S/C15H31NO4/c1-13(2)19-12-10-16(9-11-18-6)8-7-14(17)20-15(3,4)5/h13H,7-12H2,1-6H3. The highest BCUT2D eigenvalue weighted by atomic mass is 16.6. The predicted molar refractivity (Wildman–Crippen MR) is 79.9 cm³/mol. The molecule has 0 aromatic rings. The number of carbonyl (C=O) groups is 1. The van der Waals surface area contributed by atoms with Crippen molar-refractivity contribution < 1.29 is 19.0 Å². The lowest BCUT2D eigenvalue weighted by molar-refractivity contribution is -0.155. The van der Waals surface area contributed by atoms with Crippen molar-refractivity contribution in [2.75, 3.05) is 40.0 Å². The summed E-state index contributed by atoms with van der Waals surface area (Å²) in [5.41, 5.74) is -0.421. The summed E-state index contributed by atoms with van der Waals surface area (Å²) in [6, 6.07) is 0. The van der Waals surface area contributed by atoms with Crippen LogP contribution in [-0.2, 0) is 19.0 Å². The van der Waals surface area contributed by atoms with Gasteiger partial charge in [0, 0.05) is 26.7 Å². The van der Waals surface area contributed by atoms with Gasteiger partial charge in [0.15, 0.2) is 0 Å². The molecule has 0 amide bonds. The molecule has 0 aromatic heterocycles. The summed E-state index contributed by atoms with van der Waals surface area (Å²) < 4.78 is 15.9. The molecule has 0 fully saturated rings. The second kappa shape index (κ2) is 10.1. The lowest BCUT2D eigenvalue weighted by Crippen LogP contribution is -2.34. The summed E-state index contributed by atoms with van der Waals surface area (Å²) in [6.45, 7) is 13.2. The Morgan fingerprint density at radius 1 is 1.10 bits per heavy atom. The molecule has 0 aromatic carbocycles. The van der Waals surface area contributed by atoms with Crippen molar-refractivity contribution in [3.8, 4) is 0 Å². The first-order valence-corrected chi connectivity index (χ1v) is 7.29. The van der Waals surface area contributed by atoms with Gasteiger partial charge in [0.25, 0.3) is 0 Å². The Labute approximate surface area is 123 Å². The highest BCUT2D eigenvalue weighted by Gasteiger charge is 2.17. The molecule has 0 aliphatic carbocycles. The van der Waals surface area contributed by atoms with E-state index in [9.17, 15) is 4.79 Å². The van der Waals surface area contributed by atoms with E-state index in [-0.39, 0.29) is 12.1 Å². The summed E-state index contributed by atoms with van der Waals surface area (Å²) in [6.07, 6.45) is 0.619. The Morgan fingerprint density at radius 2 is 1.70 bits per heavy atom. The van der Waals surface area contributed by atoms with Gasteiger partial charge < -0.3 is 14.2 Å². The molecule has 0 aliphatic rings. The normalized spacial score (nSPS) is 12.2. The van der Waals surface area contributed by atoms with E-state index in [0.717, 1.165) is 13.1 Å². The van der Waals surface area contributed by atoms with E-state index in [0.29, 0.717) is 26.2 Å². The SMILES string of the molecule is COCCN(CCOC(C)C)CCC(=O)OC(C)(C)C. The van der Waals surface area contributed by atoms with Crippen LogP contribution in [0.1, 0.15) is 41.0 Å². The Balaban J connectivity index is 4.04. The minimum Gasteiger partial charge on any atom is -0.460 e. The lowest BCUT2D eigenvalue weighted by atomic mass is 10.2. The van der Waals surface area contributed by atoms with Crippen molar-refractivity contribution >= 4 is 5.97 Å². The first-order chi connectivity index (χ1) is 9.24. The van der Waals surface area contributed by atoms with E-state index in [1.807, 2.05) is 34.6 Å². The fourth-order valence-electron chi connectivity index (χ4n) is 1.62. The van der Waals surface area contributed by atoms with Gasteiger partial charge in [-0.05, 0) is 34.6 Å². The zero-order valence-corrected chi connectivity index (χ0v) is 13.9. The molecular formula is C15H31NO4. The molecule has 5 nitrogen and oxygen atoms in total. The van der Waals surface area contributed by atoms with E-state index in [2.05, 4.69) is 4.90 Å². The maximum absolute atomic E-state index is 11.7. The molecule has 5 heteroatoms. The second-order valence-electron chi connectivity index (χ2n) is 6.09. The lowest BCUT2D eigenvalue weighted by Gasteiger charge is -2.24.